The highest BCUT2D eigenvalue weighted by atomic mass is 16.4. The van der Waals surface area contributed by atoms with E-state index >= 15 is 0 Å². The maximum Gasteiger partial charge on any atom is 0.317 e. The molecule has 0 spiro atoms. The Kier molecular flexibility index (Phi) is 4.58. The lowest BCUT2D eigenvalue weighted by Gasteiger charge is -2.34. The quantitative estimate of drug-likeness (QED) is 0.745. The number of carboxylic acids is 1. The summed E-state index contributed by atoms with van der Waals surface area (Å²) in [5.41, 5.74) is 0. The molecule has 1 unspecified atom stereocenters. The molecule has 1 saturated carbocycles. The minimum absolute atomic E-state index is 0.163. The molecule has 0 aromatic rings. The van der Waals surface area contributed by atoms with Crippen LogP contribution in [0, 0.1) is 5.92 Å². The number of rotatable bonds is 5. The van der Waals surface area contributed by atoms with Gasteiger partial charge in [0.25, 0.3) is 0 Å². The third-order valence-electron chi connectivity index (χ3n) is 3.28. The molecule has 0 bridgehead atoms. The smallest absolute Gasteiger partial charge is 0.317 e. The number of nitrogens with one attached hydrogen (secondary N) is 1. The highest BCUT2D eigenvalue weighted by Crippen LogP contribution is 2.23. The first-order valence-corrected chi connectivity index (χ1v) is 5.79. The number of carbonyl (C=O) groups excluding carboxylic acids is 1. The van der Waals surface area contributed by atoms with Gasteiger partial charge >= 0.3 is 12.0 Å². The van der Waals surface area contributed by atoms with Crippen LogP contribution in [0.25, 0.3) is 0 Å². The summed E-state index contributed by atoms with van der Waals surface area (Å²) in [6.07, 6.45) is 3.82. The molecule has 0 aliphatic heterocycles. The van der Waals surface area contributed by atoms with Crippen LogP contribution in [0.15, 0.2) is 0 Å². The van der Waals surface area contributed by atoms with E-state index in [0.29, 0.717) is 12.5 Å². The Labute approximate surface area is 95.8 Å². The van der Waals surface area contributed by atoms with Crippen LogP contribution in [0.5, 0.6) is 0 Å². The minimum Gasteiger partial charge on any atom is -0.481 e. The summed E-state index contributed by atoms with van der Waals surface area (Å²) >= 11 is 0. The summed E-state index contributed by atoms with van der Waals surface area (Å²) in [5.74, 6) is -1.34. The number of carboxylic acid groups (broad SMARTS) is 1. The lowest BCUT2D eigenvalue weighted by atomic mass is 9.92. The van der Waals surface area contributed by atoms with Gasteiger partial charge in [0.2, 0.25) is 0 Å². The summed E-state index contributed by atoms with van der Waals surface area (Å²) in [4.78, 5) is 24.1. The molecule has 1 aliphatic rings. The van der Waals surface area contributed by atoms with Crippen molar-refractivity contribution >= 4 is 12.0 Å². The SMILES string of the molecule is CCC(CNC(=O)N(C)C1CCC1)C(=O)O. The normalized spacial score (nSPS) is 17.4. The molecule has 16 heavy (non-hydrogen) atoms. The van der Waals surface area contributed by atoms with Crippen LogP contribution < -0.4 is 5.32 Å². The van der Waals surface area contributed by atoms with Crippen molar-refractivity contribution < 1.29 is 14.7 Å². The first kappa shape index (κ1) is 12.8. The Morgan fingerprint density at radius 1 is 1.50 bits per heavy atom. The number of urea groups is 1. The van der Waals surface area contributed by atoms with Gasteiger partial charge in [-0.15, -0.1) is 0 Å². The molecule has 1 rings (SSSR count). The summed E-state index contributed by atoms with van der Waals surface area (Å²) in [7, 11) is 1.76. The van der Waals surface area contributed by atoms with Gasteiger partial charge in [0.1, 0.15) is 0 Å². The topological polar surface area (TPSA) is 69.6 Å². The number of carbonyl (C=O) groups is 2. The van der Waals surface area contributed by atoms with Crippen molar-refractivity contribution in [3.05, 3.63) is 0 Å². The molecule has 1 aliphatic carbocycles. The van der Waals surface area contributed by atoms with Crippen molar-refractivity contribution in [3.8, 4) is 0 Å². The second-order valence-corrected chi connectivity index (χ2v) is 4.33. The number of amides is 2. The lowest BCUT2D eigenvalue weighted by molar-refractivity contribution is -0.141. The zero-order valence-corrected chi connectivity index (χ0v) is 9.90. The Morgan fingerprint density at radius 2 is 2.12 bits per heavy atom. The third-order valence-corrected chi connectivity index (χ3v) is 3.28. The molecule has 2 amide bonds. The fourth-order valence-corrected chi connectivity index (χ4v) is 1.68. The Balaban J connectivity index is 2.30. The van der Waals surface area contributed by atoms with E-state index in [1.165, 1.54) is 6.42 Å². The van der Waals surface area contributed by atoms with E-state index in [-0.39, 0.29) is 12.6 Å². The maximum absolute atomic E-state index is 11.6. The molecule has 92 valence electrons. The maximum atomic E-state index is 11.6. The third kappa shape index (κ3) is 3.12. The standard InChI is InChI=1S/C11H20N2O3/c1-3-8(10(14)15)7-12-11(16)13(2)9-5-4-6-9/h8-9H,3-7H2,1-2H3,(H,12,16)(H,14,15). The average molecular weight is 228 g/mol. The van der Waals surface area contributed by atoms with Gasteiger partial charge in [-0.05, 0) is 25.7 Å². The van der Waals surface area contributed by atoms with E-state index in [4.69, 9.17) is 5.11 Å². The predicted octanol–water partition coefficient (Wildman–Crippen LogP) is 1.29. The first-order valence-electron chi connectivity index (χ1n) is 5.79. The molecule has 2 N–H and O–H groups in total. The van der Waals surface area contributed by atoms with E-state index in [0.717, 1.165) is 12.8 Å². The van der Waals surface area contributed by atoms with Crippen LogP contribution in [0.1, 0.15) is 32.6 Å². The molecular weight excluding hydrogens is 208 g/mol. The Hall–Kier alpha value is -1.26. The van der Waals surface area contributed by atoms with Crippen molar-refractivity contribution in [2.45, 2.75) is 38.6 Å². The monoisotopic (exact) mass is 228 g/mol. The minimum atomic E-state index is -0.853. The van der Waals surface area contributed by atoms with Crippen LogP contribution in [0.3, 0.4) is 0 Å². The second kappa shape index (κ2) is 5.72. The predicted molar refractivity (Wildman–Crippen MR) is 60.2 cm³/mol. The highest BCUT2D eigenvalue weighted by molar-refractivity contribution is 5.76. The summed E-state index contributed by atoms with van der Waals surface area (Å²) < 4.78 is 0. The van der Waals surface area contributed by atoms with Crippen LogP contribution in [-0.4, -0.2) is 41.6 Å². The molecule has 0 aromatic heterocycles. The number of nitrogens with zero attached hydrogens (tertiary/aromatic N) is 1. The van der Waals surface area contributed by atoms with Gasteiger partial charge in [-0.2, -0.15) is 0 Å². The van der Waals surface area contributed by atoms with Gasteiger partial charge in [0, 0.05) is 19.6 Å². The molecule has 0 saturated heterocycles. The largest absolute Gasteiger partial charge is 0.481 e. The van der Waals surface area contributed by atoms with Crippen molar-refractivity contribution in [3.63, 3.8) is 0 Å². The number of hydrogen-bond acceptors (Lipinski definition) is 2. The van der Waals surface area contributed by atoms with E-state index in [1.807, 2.05) is 0 Å². The fourth-order valence-electron chi connectivity index (χ4n) is 1.68. The zero-order valence-electron chi connectivity index (χ0n) is 9.90. The molecule has 0 heterocycles. The number of hydrogen-bond donors (Lipinski definition) is 2. The Morgan fingerprint density at radius 3 is 2.50 bits per heavy atom. The zero-order chi connectivity index (χ0) is 12.1. The van der Waals surface area contributed by atoms with Crippen molar-refractivity contribution in [2.24, 2.45) is 5.92 Å². The van der Waals surface area contributed by atoms with Gasteiger partial charge in [0.15, 0.2) is 0 Å². The summed E-state index contributed by atoms with van der Waals surface area (Å²) in [5, 5.41) is 11.5. The van der Waals surface area contributed by atoms with Gasteiger partial charge in [0.05, 0.1) is 5.92 Å². The number of aliphatic carboxylic acids is 1. The summed E-state index contributed by atoms with van der Waals surface area (Å²) in [6, 6.07) is 0.175. The van der Waals surface area contributed by atoms with Crippen molar-refractivity contribution in [2.75, 3.05) is 13.6 Å². The van der Waals surface area contributed by atoms with Gasteiger partial charge in [-0.3, -0.25) is 4.79 Å². The average Bonchev–Trinajstić information content (AvgIpc) is 2.15. The van der Waals surface area contributed by atoms with Gasteiger partial charge in [-0.1, -0.05) is 6.92 Å². The molecule has 0 aromatic carbocycles. The van der Waals surface area contributed by atoms with Crippen molar-refractivity contribution in [1.82, 2.24) is 10.2 Å². The highest BCUT2D eigenvalue weighted by Gasteiger charge is 2.26. The van der Waals surface area contributed by atoms with Crippen molar-refractivity contribution in [1.29, 1.82) is 0 Å². The lowest BCUT2D eigenvalue weighted by Crippen LogP contribution is -2.48. The molecule has 5 heteroatoms. The van der Waals surface area contributed by atoms with E-state index < -0.39 is 11.9 Å². The van der Waals surface area contributed by atoms with Gasteiger partial charge < -0.3 is 15.3 Å². The van der Waals surface area contributed by atoms with Crippen LogP contribution in [0.4, 0.5) is 4.79 Å². The van der Waals surface area contributed by atoms with Gasteiger partial charge in [-0.25, -0.2) is 4.79 Å². The van der Waals surface area contributed by atoms with Crippen LogP contribution >= 0.6 is 0 Å². The van der Waals surface area contributed by atoms with E-state index in [2.05, 4.69) is 5.32 Å². The molecular formula is C11H20N2O3. The second-order valence-electron chi connectivity index (χ2n) is 4.33. The molecule has 5 nitrogen and oxygen atoms in total. The first-order chi connectivity index (χ1) is 7.56. The molecule has 0 radical (unpaired) electrons. The van der Waals surface area contributed by atoms with Crippen LogP contribution in [-0.2, 0) is 4.79 Å². The van der Waals surface area contributed by atoms with E-state index in [1.54, 1.807) is 18.9 Å². The van der Waals surface area contributed by atoms with Crippen LogP contribution in [0.2, 0.25) is 0 Å². The Bertz CT molecular complexity index is 264. The van der Waals surface area contributed by atoms with E-state index in [9.17, 15) is 9.59 Å². The summed E-state index contributed by atoms with van der Waals surface area (Å²) in [6.45, 7) is 2.02. The fraction of sp³-hybridized carbons (Fsp3) is 0.818. The molecule has 1 fully saturated rings. The molecule has 1 atom stereocenters.